The molecule has 3 N–H and O–H groups in total. The first-order valence-corrected chi connectivity index (χ1v) is 7.57. The Balaban J connectivity index is 2.74. The average Bonchev–Trinajstić information content (AvgIpc) is 2.55. The highest BCUT2D eigenvalue weighted by Crippen LogP contribution is 2.23. The van der Waals surface area contributed by atoms with E-state index in [9.17, 15) is 0 Å². The summed E-state index contributed by atoms with van der Waals surface area (Å²) in [6.07, 6.45) is 4.33. The smallest absolute Gasteiger partial charge is 0.148 e. The number of nitrogens with zero attached hydrogens (tertiary/aromatic N) is 2. The number of thioether (sulfide) groups is 1. The predicted molar refractivity (Wildman–Crippen MR) is 77.8 cm³/mol. The molecule has 17 heavy (non-hydrogen) atoms. The number of nitrogen functional groups attached to an aromatic ring is 1. The summed E-state index contributed by atoms with van der Waals surface area (Å²) in [6, 6.07) is 0.427. The van der Waals surface area contributed by atoms with Crippen molar-refractivity contribution in [2.24, 2.45) is 0 Å². The Morgan fingerprint density at radius 1 is 1.53 bits per heavy atom. The molecule has 1 heterocycles. The molecule has 0 saturated carbocycles. The lowest BCUT2D eigenvalue weighted by molar-refractivity contribution is 0.596. The zero-order chi connectivity index (χ0) is 12.8. The number of anilines is 2. The van der Waals surface area contributed by atoms with E-state index in [0.29, 0.717) is 6.04 Å². The summed E-state index contributed by atoms with van der Waals surface area (Å²) in [5.41, 5.74) is 7.76. The normalized spacial score (nSPS) is 12.7. The second-order valence-electron chi connectivity index (χ2n) is 4.40. The van der Waals surface area contributed by atoms with Gasteiger partial charge in [0.1, 0.15) is 5.82 Å². The maximum Gasteiger partial charge on any atom is 0.148 e. The number of aromatic nitrogens is 2. The van der Waals surface area contributed by atoms with Crippen LogP contribution in [-0.2, 0) is 6.54 Å². The molecule has 1 rings (SSSR count). The summed E-state index contributed by atoms with van der Waals surface area (Å²) < 4.78 is 1.99. The van der Waals surface area contributed by atoms with Gasteiger partial charge in [-0.2, -0.15) is 16.9 Å². The van der Waals surface area contributed by atoms with E-state index < -0.39 is 0 Å². The summed E-state index contributed by atoms with van der Waals surface area (Å²) in [5, 5.41) is 7.94. The van der Waals surface area contributed by atoms with E-state index in [2.05, 4.69) is 30.5 Å². The molecule has 0 aliphatic rings. The van der Waals surface area contributed by atoms with Crippen molar-refractivity contribution >= 4 is 23.3 Å². The molecule has 98 valence electrons. The van der Waals surface area contributed by atoms with Gasteiger partial charge in [0.05, 0.1) is 11.4 Å². The van der Waals surface area contributed by atoms with Crippen LogP contribution in [0.5, 0.6) is 0 Å². The monoisotopic (exact) mass is 256 g/mol. The molecule has 0 saturated heterocycles. The van der Waals surface area contributed by atoms with Crippen LogP contribution in [0.1, 0.15) is 32.4 Å². The van der Waals surface area contributed by atoms with Crippen molar-refractivity contribution in [1.29, 1.82) is 0 Å². The highest BCUT2D eigenvalue weighted by atomic mass is 32.2. The molecule has 5 heteroatoms. The lowest BCUT2D eigenvalue weighted by atomic mass is 10.2. The van der Waals surface area contributed by atoms with Crippen molar-refractivity contribution in [3.8, 4) is 0 Å². The van der Waals surface area contributed by atoms with Crippen molar-refractivity contribution in [1.82, 2.24) is 9.78 Å². The largest absolute Gasteiger partial charge is 0.394 e. The molecule has 1 unspecified atom stereocenters. The molecule has 0 radical (unpaired) electrons. The Morgan fingerprint density at radius 3 is 2.82 bits per heavy atom. The molecule has 1 aromatic heterocycles. The first kappa shape index (κ1) is 14.2. The number of hydrogen-bond donors (Lipinski definition) is 2. The van der Waals surface area contributed by atoms with Crippen LogP contribution in [0.15, 0.2) is 0 Å². The van der Waals surface area contributed by atoms with E-state index in [1.54, 1.807) is 0 Å². The zero-order valence-electron chi connectivity index (χ0n) is 11.3. The minimum absolute atomic E-state index is 0.427. The second-order valence-corrected chi connectivity index (χ2v) is 5.38. The maximum absolute atomic E-state index is 6.06. The van der Waals surface area contributed by atoms with E-state index in [-0.39, 0.29) is 0 Å². The zero-order valence-corrected chi connectivity index (χ0v) is 12.1. The van der Waals surface area contributed by atoms with E-state index in [1.807, 2.05) is 23.4 Å². The van der Waals surface area contributed by atoms with Gasteiger partial charge in [-0.3, -0.25) is 0 Å². The fraction of sp³-hybridized carbons (Fsp3) is 0.750. The fourth-order valence-corrected chi connectivity index (χ4v) is 2.31. The van der Waals surface area contributed by atoms with Crippen LogP contribution < -0.4 is 11.1 Å². The van der Waals surface area contributed by atoms with Crippen LogP contribution in [0.3, 0.4) is 0 Å². The molecule has 1 aromatic rings. The summed E-state index contributed by atoms with van der Waals surface area (Å²) in [7, 11) is 0. The summed E-state index contributed by atoms with van der Waals surface area (Å²) in [4.78, 5) is 0. The van der Waals surface area contributed by atoms with Gasteiger partial charge in [-0.1, -0.05) is 6.92 Å². The molecule has 4 nitrogen and oxygen atoms in total. The SMILES string of the molecule is CCCn1nc(C)c(N)c1NC(C)CCSC. The van der Waals surface area contributed by atoms with Crippen LogP contribution in [0.2, 0.25) is 0 Å². The molecular weight excluding hydrogens is 232 g/mol. The van der Waals surface area contributed by atoms with Crippen LogP contribution in [0, 0.1) is 6.92 Å². The molecule has 0 bridgehead atoms. The Morgan fingerprint density at radius 2 is 2.24 bits per heavy atom. The first-order chi connectivity index (χ1) is 8.10. The number of rotatable bonds is 7. The third-order valence-electron chi connectivity index (χ3n) is 2.75. The summed E-state index contributed by atoms with van der Waals surface area (Å²) in [6.45, 7) is 7.21. The van der Waals surface area contributed by atoms with Crippen molar-refractivity contribution < 1.29 is 0 Å². The summed E-state index contributed by atoms with van der Waals surface area (Å²) >= 11 is 1.87. The molecule has 0 aliphatic heterocycles. The van der Waals surface area contributed by atoms with Gasteiger partial charge >= 0.3 is 0 Å². The molecule has 0 aliphatic carbocycles. The number of aryl methyl sites for hydroxylation is 2. The molecule has 0 aromatic carbocycles. The molecule has 0 spiro atoms. The second kappa shape index (κ2) is 6.79. The minimum Gasteiger partial charge on any atom is -0.394 e. The van der Waals surface area contributed by atoms with E-state index in [4.69, 9.17) is 5.73 Å². The van der Waals surface area contributed by atoms with E-state index >= 15 is 0 Å². The highest BCUT2D eigenvalue weighted by Gasteiger charge is 2.13. The van der Waals surface area contributed by atoms with Crippen molar-refractivity contribution in [3.63, 3.8) is 0 Å². The van der Waals surface area contributed by atoms with Crippen LogP contribution in [0.25, 0.3) is 0 Å². The first-order valence-electron chi connectivity index (χ1n) is 6.18. The van der Waals surface area contributed by atoms with Gasteiger partial charge in [0.2, 0.25) is 0 Å². The Kier molecular flexibility index (Phi) is 5.68. The predicted octanol–water partition coefficient (Wildman–Crippen LogP) is 2.74. The van der Waals surface area contributed by atoms with Gasteiger partial charge < -0.3 is 11.1 Å². The standard InChI is InChI=1S/C12H24N4S/c1-5-7-16-12(11(13)10(3)15-16)14-9(2)6-8-17-4/h9,14H,5-8,13H2,1-4H3. The lowest BCUT2D eigenvalue weighted by Gasteiger charge is -2.16. The van der Waals surface area contributed by atoms with Gasteiger partial charge in [-0.25, -0.2) is 4.68 Å². The average molecular weight is 256 g/mol. The van der Waals surface area contributed by atoms with Crippen molar-refractivity contribution in [3.05, 3.63) is 5.69 Å². The Labute approximate surface area is 108 Å². The van der Waals surface area contributed by atoms with Gasteiger partial charge in [-0.05, 0) is 38.7 Å². The molecule has 0 fully saturated rings. The summed E-state index contributed by atoms with van der Waals surface area (Å²) in [5.74, 6) is 2.15. The lowest BCUT2D eigenvalue weighted by Crippen LogP contribution is -2.19. The third-order valence-corrected chi connectivity index (χ3v) is 3.39. The van der Waals surface area contributed by atoms with Crippen LogP contribution >= 0.6 is 11.8 Å². The quantitative estimate of drug-likeness (QED) is 0.787. The van der Waals surface area contributed by atoms with Gasteiger partial charge in [0.15, 0.2) is 0 Å². The number of nitrogens with one attached hydrogen (secondary N) is 1. The number of nitrogens with two attached hydrogens (primary N) is 1. The Hall–Kier alpha value is -0.840. The Bertz CT molecular complexity index is 349. The van der Waals surface area contributed by atoms with Gasteiger partial charge in [-0.15, -0.1) is 0 Å². The van der Waals surface area contributed by atoms with Crippen LogP contribution in [0.4, 0.5) is 11.5 Å². The van der Waals surface area contributed by atoms with Gasteiger partial charge in [0, 0.05) is 12.6 Å². The van der Waals surface area contributed by atoms with Crippen molar-refractivity contribution in [2.75, 3.05) is 23.1 Å². The third kappa shape index (κ3) is 3.84. The molecular formula is C12H24N4S. The van der Waals surface area contributed by atoms with E-state index in [1.165, 1.54) is 0 Å². The van der Waals surface area contributed by atoms with E-state index in [0.717, 1.165) is 42.3 Å². The maximum atomic E-state index is 6.06. The number of hydrogen-bond acceptors (Lipinski definition) is 4. The topological polar surface area (TPSA) is 55.9 Å². The van der Waals surface area contributed by atoms with Crippen LogP contribution in [-0.4, -0.2) is 27.8 Å². The fourth-order valence-electron chi connectivity index (χ4n) is 1.72. The molecule has 1 atom stereocenters. The highest BCUT2D eigenvalue weighted by molar-refractivity contribution is 7.98. The van der Waals surface area contributed by atoms with Gasteiger partial charge in [0.25, 0.3) is 0 Å². The minimum atomic E-state index is 0.427. The molecule has 0 amide bonds. The van der Waals surface area contributed by atoms with Crippen molar-refractivity contribution in [2.45, 2.75) is 46.2 Å².